The maximum Gasteiger partial charge on any atom is 0.429 e. The number of aromatic nitrogens is 3. The van der Waals surface area contributed by atoms with Crippen molar-refractivity contribution >= 4 is 18.1 Å². The van der Waals surface area contributed by atoms with Crippen LogP contribution in [0.2, 0.25) is 0 Å². The van der Waals surface area contributed by atoms with E-state index in [1.54, 1.807) is 55.9 Å². The van der Waals surface area contributed by atoms with Crippen LogP contribution in [-0.2, 0) is 9.53 Å². The molecule has 1 aromatic heterocycles. The number of nitrogens with zero attached hydrogens (tertiary/aromatic N) is 4. The molecule has 1 heterocycles. The Bertz CT molecular complexity index is 1230. The molecule has 0 radical (unpaired) electrons. The van der Waals surface area contributed by atoms with E-state index >= 15 is 0 Å². The largest absolute Gasteiger partial charge is 0.495 e. The third-order valence-corrected chi connectivity index (χ3v) is 5.06. The Hall–Kier alpha value is -4.48. The zero-order chi connectivity index (χ0) is 27.2. The number of carbonyl (C=O) groups is 2. The van der Waals surface area contributed by atoms with Gasteiger partial charge in [-0.3, -0.25) is 5.43 Å². The SMILES string of the molecule is COc1ccc(-c2cnnn2-c2cc(OC)c(OC)c(OC)c2)cc1NN(CC=O)C(=O)OC(C)(C)C. The second-order valence-corrected chi connectivity index (χ2v) is 8.70. The summed E-state index contributed by atoms with van der Waals surface area (Å²) in [6.07, 6.45) is 1.47. The van der Waals surface area contributed by atoms with Crippen LogP contribution in [-0.4, -0.2) is 73.0 Å². The fourth-order valence-corrected chi connectivity index (χ4v) is 3.47. The highest BCUT2D eigenvalue weighted by atomic mass is 16.6. The molecule has 0 fully saturated rings. The molecule has 0 aliphatic carbocycles. The first-order valence-electron chi connectivity index (χ1n) is 11.3. The van der Waals surface area contributed by atoms with Gasteiger partial charge in [0.2, 0.25) is 5.75 Å². The molecule has 37 heavy (non-hydrogen) atoms. The standard InChI is InChI=1S/C25H31N5O7/c1-25(2,3)37-24(32)29(10-11-31)27-18-12-16(8-9-20(18)33-4)19-15-26-28-30(19)17-13-21(34-5)23(36-7)22(14-17)35-6/h8-9,11-15,27H,10H2,1-7H3. The quantitative estimate of drug-likeness (QED) is 0.316. The molecule has 2 aromatic carbocycles. The maximum absolute atomic E-state index is 12.7. The third-order valence-electron chi connectivity index (χ3n) is 5.06. The van der Waals surface area contributed by atoms with Crippen LogP contribution >= 0.6 is 0 Å². The molecular formula is C25H31N5O7. The molecule has 0 unspecified atom stereocenters. The number of methoxy groups -OCH3 is 4. The molecule has 0 aliphatic rings. The number of benzene rings is 2. The van der Waals surface area contributed by atoms with Crippen LogP contribution < -0.4 is 24.4 Å². The number of rotatable bonds is 10. The van der Waals surface area contributed by atoms with Crippen molar-refractivity contribution in [3.05, 3.63) is 36.5 Å². The Morgan fingerprint density at radius 1 is 1.00 bits per heavy atom. The lowest BCUT2D eigenvalue weighted by Crippen LogP contribution is -2.41. The lowest BCUT2D eigenvalue weighted by molar-refractivity contribution is -0.108. The zero-order valence-corrected chi connectivity index (χ0v) is 21.9. The Kier molecular flexibility index (Phi) is 8.43. The molecule has 0 saturated carbocycles. The number of ether oxygens (including phenoxy) is 5. The van der Waals surface area contributed by atoms with E-state index in [0.717, 1.165) is 5.01 Å². The Balaban J connectivity index is 2.04. The second-order valence-electron chi connectivity index (χ2n) is 8.70. The van der Waals surface area contributed by atoms with Crippen molar-refractivity contribution < 1.29 is 33.3 Å². The molecular weight excluding hydrogens is 482 g/mol. The smallest absolute Gasteiger partial charge is 0.429 e. The third kappa shape index (κ3) is 6.21. The second kappa shape index (κ2) is 11.5. The van der Waals surface area contributed by atoms with Gasteiger partial charge < -0.3 is 28.5 Å². The van der Waals surface area contributed by atoms with Crippen LogP contribution in [0.25, 0.3) is 16.9 Å². The van der Waals surface area contributed by atoms with Gasteiger partial charge in [-0.25, -0.2) is 14.5 Å². The number of aldehydes is 1. The van der Waals surface area contributed by atoms with Crippen LogP contribution in [0.5, 0.6) is 23.0 Å². The fourth-order valence-electron chi connectivity index (χ4n) is 3.47. The first-order chi connectivity index (χ1) is 17.6. The molecule has 12 heteroatoms. The summed E-state index contributed by atoms with van der Waals surface area (Å²) in [5.74, 6) is 1.80. The molecule has 198 valence electrons. The van der Waals surface area contributed by atoms with Crippen molar-refractivity contribution in [2.45, 2.75) is 26.4 Å². The number of hydrogen-bond donors (Lipinski definition) is 1. The van der Waals surface area contributed by atoms with Gasteiger partial charge in [0, 0.05) is 17.7 Å². The predicted molar refractivity (Wildman–Crippen MR) is 136 cm³/mol. The number of nitrogens with one attached hydrogen (secondary N) is 1. The number of carbonyl (C=O) groups excluding carboxylic acids is 2. The van der Waals surface area contributed by atoms with E-state index in [1.165, 1.54) is 28.4 Å². The highest BCUT2D eigenvalue weighted by Gasteiger charge is 2.24. The van der Waals surface area contributed by atoms with E-state index in [9.17, 15) is 9.59 Å². The summed E-state index contributed by atoms with van der Waals surface area (Å²) in [6.45, 7) is 4.97. The van der Waals surface area contributed by atoms with Crippen molar-refractivity contribution in [2.24, 2.45) is 0 Å². The molecule has 0 atom stereocenters. The molecule has 3 rings (SSSR count). The normalized spacial score (nSPS) is 10.9. The van der Waals surface area contributed by atoms with Crippen molar-refractivity contribution in [3.63, 3.8) is 0 Å². The zero-order valence-electron chi connectivity index (χ0n) is 21.9. The minimum Gasteiger partial charge on any atom is -0.495 e. The number of hydrogen-bond acceptors (Lipinski definition) is 10. The summed E-state index contributed by atoms with van der Waals surface area (Å²) < 4.78 is 28.8. The lowest BCUT2D eigenvalue weighted by Gasteiger charge is -2.27. The average molecular weight is 514 g/mol. The van der Waals surface area contributed by atoms with Gasteiger partial charge in [0.25, 0.3) is 0 Å². The van der Waals surface area contributed by atoms with E-state index in [4.69, 9.17) is 23.7 Å². The van der Waals surface area contributed by atoms with Gasteiger partial charge in [-0.15, -0.1) is 5.10 Å². The van der Waals surface area contributed by atoms with E-state index in [1.807, 2.05) is 6.07 Å². The number of anilines is 1. The lowest BCUT2D eigenvalue weighted by atomic mass is 10.1. The first-order valence-corrected chi connectivity index (χ1v) is 11.3. The molecule has 0 bridgehead atoms. The summed E-state index contributed by atoms with van der Waals surface area (Å²) in [6, 6.07) is 8.77. The van der Waals surface area contributed by atoms with Crippen molar-refractivity contribution in [2.75, 3.05) is 40.4 Å². The Morgan fingerprint density at radius 3 is 2.19 bits per heavy atom. The van der Waals surface area contributed by atoms with Crippen LogP contribution in [0.3, 0.4) is 0 Å². The van der Waals surface area contributed by atoms with Crippen molar-refractivity contribution in [1.29, 1.82) is 0 Å². The van der Waals surface area contributed by atoms with Crippen LogP contribution in [0.15, 0.2) is 36.5 Å². The summed E-state index contributed by atoms with van der Waals surface area (Å²) in [5, 5.41) is 9.37. The van der Waals surface area contributed by atoms with Crippen molar-refractivity contribution in [1.82, 2.24) is 20.0 Å². The minimum atomic E-state index is -0.746. The summed E-state index contributed by atoms with van der Waals surface area (Å²) >= 11 is 0. The summed E-state index contributed by atoms with van der Waals surface area (Å²) in [4.78, 5) is 23.9. The minimum absolute atomic E-state index is 0.243. The van der Waals surface area contributed by atoms with E-state index in [0.29, 0.717) is 51.9 Å². The van der Waals surface area contributed by atoms with Gasteiger partial charge in [-0.05, 0) is 39.0 Å². The van der Waals surface area contributed by atoms with Gasteiger partial charge in [0.1, 0.15) is 24.2 Å². The van der Waals surface area contributed by atoms with E-state index in [-0.39, 0.29) is 6.54 Å². The molecule has 1 N–H and O–H groups in total. The Morgan fingerprint density at radius 2 is 1.65 bits per heavy atom. The highest BCUT2D eigenvalue weighted by molar-refractivity contribution is 5.77. The van der Waals surface area contributed by atoms with Crippen LogP contribution in [0, 0.1) is 0 Å². The van der Waals surface area contributed by atoms with Gasteiger partial charge in [0.05, 0.1) is 51.7 Å². The van der Waals surface area contributed by atoms with Gasteiger partial charge in [-0.2, -0.15) is 0 Å². The van der Waals surface area contributed by atoms with Crippen LogP contribution in [0.1, 0.15) is 20.8 Å². The molecule has 3 aromatic rings. The first kappa shape index (κ1) is 27.1. The molecule has 1 amide bonds. The Labute approximate surface area is 215 Å². The van der Waals surface area contributed by atoms with E-state index < -0.39 is 11.7 Å². The molecule has 0 spiro atoms. The molecule has 0 aliphatic heterocycles. The average Bonchev–Trinajstić information content (AvgIpc) is 3.36. The summed E-state index contributed by atoms with van der Waals surface area (Å²) in [7, 11) is 6.08. The predicted octanol–water partition coefficient (Wildman–Crippen LogP) is 3.73. The number of amides is 1. The van der Waals surface area contributed by atoms with Gasteiger partial charge >= 0.3 is 6.09 Å². The fraction of sp³-hybridized carbons (Fsp3) is 0.360. The highest BCUT2D eigenvalue weighted by Crippen LogP contribution is 2.40. The monoisotopic (exact) mass is 513 g/mol. The molecule has 12 nitrogen and oxygen atoms in total. The topological polar surface area (TPSA) is 126 Å². The summed E-state index contributed by atoms with van der Waals surface area (Å²) in [5.41, 5.74) is 4.54. The van der Waals surface area contributed by atoms with Gasteiger partial charge in [0.15, 0.2) is 11.5 Å². The van der Waals surface area contributed by atoms with E-state index in [2.05, 4.69) is 15.7 Å². The maximum atomic E-state index is 12.7. The number of hydrazine groups is 1. The van der Waals surface area contributed by atoms with Crippen molar-refractivity contribution in [3.8, 4) is 39.9 Å². The van der Waals surface area contributed by atoms with Crippen LogP contribution in [0.4, 0.5) is 10.5 Å². The molecule has 0 saturated heterocycles. The van der Waals surface area contributed by atoms with Gasteiger partial charge in [-0.1, -0.05) is 5.21 Å².